The lowest BCUT2D eigenvalue weighted by Gasteiger charge is -2.07. The third-order valence-corrected chi connectivity index (χ3v) is 2.70. The van der Waals surface area contributed by atoms with Crippen molar-refractivity contribution in [2.45, 2.75) is 5.75 Å². The lowest BCUT2D eigenvalue weighted by atomic mass is 10.2. The van der Waals surface area contributed by atoms with E-state index in [9.17, 15) is 8.42 Å². The Morgan fingerprint density at radius 3 is 1.87 bits per heavy atom. The first-order valence-electron chi connectivity index (χ1n) is 4.34. The van der Waals surface area contributed by atoms with E-state index in [2.05, 4.69) is 0 Å². The van der Waals surface area contributed by atoms with Crippen molar-refractivity contribution in [2.24, 2.45) is 0 Å². The van der Waals surface area contributed by atoms with E-state index in [0.717, 1.165) is 0 Å². The Morgan fingerprint density at radius 2 is 1.53 bits per heavy atom. The van der Waals surface area contributed by atoms with Gasteiger partial charge in [0.2, 0.25) is 0 Å². The fourth-order valence-corrected chi connectivity index (χ4v) is 2.02. The molecule has 0 atom stereocenters. The van der Waals surface area contributed by atoms with Crippen LogP contribution in [0.1, 0.15) is 5.56 Å². The van der Waals surface area contributed by atoms with E-state index in [-0.39, 0.29) is 5.75 Å². The third kappa shape index (κ3) is 3.79. The normalized spacial score (nSPS) is 11.1. The predicted octanol–water partition coefficient (Wildman–Crippen LogP) is 1.25. The van der Waals surface area contributed by atoms with E-state index in [0.29, 0.717) is 17.1 Å². The molecule has 0 aliphatic heterocycles. The van der Waals surface area contributed by atoms with Gasteiger partial charge in [0.25, 0.3) is 0 Å². The minimum atomic E-state index is -3.04. The molecular formula is C10H14O4S. The van der Waals surface area contributed by atoms with Crippen LogP contribution in [0.25, 0.3) is 0 Å². The van der Waals surface area contributed by atoms with Gasteiger partial charge in [0.1, 0.15) is 11.5 Å². The van der Waals surface area contributed by atoms with Crippen LogP contribution in [0.4, 0.5) is 0 Å². The summed E-state index contributed by atoms with van der Waals surface area (Å²) in [6, 6.07) is 5.07. The Balaban J connectivity index is 3.07. The predicted molar refractivity (Wildman–Crippen MR) is 58.1 cm³/mol. The average molecular weight is 230 g/mol. The smallest absolute Gasteiger partial charge is 0.151 e. The highest BCUT2D eigenvalue weighted by atomic mass is 32.2. The fourth-order valence-electron chi connectivity index (χ4n) is 1.25. The zero-order chi connectivity index (χ0) is 11.5. The molecule has 0 aliphatic rings. The summed E-state index contributed by atoms with van der Waals surface area (Å²) in [4.78, 5) is 0. The average Bonchev–Trinajstić information content (AvgIpc) is 2.14. The van der Waals surface area contributed by atoms with Gasteiger partial charge in [-0.15, -0.1) is 0 Å². The van der Waals surface area contributed by atoms with Gasteiger partial charge in [0.05, 0.1) is 20.0 Å². The number of hydrogen-bond donors (Lipinski definition) is 0. The molecule has 0 fully saturated rings. The maximum atomic E-state index is 11.1. The molecule has 0 aromatic heterocycles. The highest BCUT2D eigenvalue weighted by Crippen LogP contribution is 2.23. The summed E-state index contributed by atoms with van der Waals surface area (Å²) in [6.07, 6.45) is 1.19. The summed E-state index contributed by atoms with van der Waals surface area (Å²) in [5.74, 6) is 1.17. The summed E-state index contributed by atoms with van der Waals surface area (Å²) in [5.41, 5.74) is 0.661. The molecule has 0 aliphatic carbocycles. The SMILES string of the molecule is COc1cc(CS(C)(=O)=O)cc(OC)c1. The Kier molecular flexibility index (Phi) is 3.57. The van der Waals surface area contributed by atoms with Crippen LogP contribution in [0, 0.1) is 0 Å². The van der Waals surface area contributed by atoms with Crippen molar-refractivity contribution in [3.05, 3.63) is 23.8 Å². The molecule has 0 N–H and O–H groups in total. The van der Waals surface area contributed by atoms with Gasteiger partial charge in [-0.2, -0.15) is 0 Å². The van der Waals surface area contributed by atoms with Crippen molar-refractivity contribution < 1.29 is 17.9 Å². The van der Waals surface area contributed by atoms with Crippen molar-refractivity contribution in [3.63, 3.8) is 0 Å². The second kappa shape index (κ2) is 4.53. The van der Waals surface area contributed by atoms with Crippen LogP contribution in [-0.4, -0.2) is 28.9 Å². The summed E-state index contributed by atoms with van der Waals surface area (Å²) < 4.78 is 32.3. The zero-order valence-corrected chi connectivity index (χ0v) is 9.80. The minimum Gasteiger partial charge on any atom is -0.497 e. The Bertz CT molecular complexity index is 414. The van der Waals surface area contributed by atoms with Gasteiger partial charge in [-0.1, -0.05) is 0 Å². The van der Waals surface area contributed by atoms with E-state index < -0.39 is 9.84 Å². The number of ether oxygens (including phenoxy) is 2. The van der Waals surface area contributed by atoms with Crippen molar-refractivity contribution in [3.8, 4) is 11.5 Å². The topological polar surface area (TPSA) is 52.6 Å². The second-order valence-corrected chi connectivity index (χ2v) is 5.43. The Morgan fingerprint density at radius 1 is 1.07 bits per heavy atom. The van der Waals surface area contributed by atoms with Gasteiger partial charge in [0.15, 0.2) is 9.84 Å². The van der Waals surface area contributed by atoms with Gasteiger partial charge in [0, 0.05) is 12.3 Å². The van der Waals surface area contributed by atoms with E-state index in [1.807, 2.05) is 0 Å². The lowest BCUT2D eigenvalue weighted by molar-refractivity contribution is 0.393. The molecule has 4 nitrogen and oxygen atoms in total. The van der Waals surface area contributed by atoms with E-state index in [1.165, 1.54) is 20.5 Å². The monoisotopic (exact) mass is 230 g/mol. The fraction of sp³-hybridized carbons (Fsp3) is 0.400. The van der Waals surface area contributed by atoms with E-state index in [1.54, 1.807) is 18.2 Å². The highest BCUT2D eigenvalue weighted by Gasteiger charge is 2.07. The second-order valence-electron chi connectivity index (χ2n) is 3.29. The van der Waals surface area contributed by atoms with E-state index in [4.69, 9.17) is 9.47 Å². The maximum absolute atomic E-state index is 11.1. The Hall–Kier alpha value is -1.23. The molecule has 15 heavy (non-hydrogen) atoms. The third-order valence-electron chi connectivity index (χ3n) is 1.84. The zero-order valence-electron chi connectivity index (χ0n) is 8.98. The van der Waals surface area contributed by atoms with Crippen LogP contribution in [0.5, 0.6) is 11.5 Å². The van der Waals surface area contributed by atoms with Gasteiger partial charge < -0.3 is 9.47 Å². The van der Waals surface area contributed by atoms with Crippen LogP contribution < -0.4 is 9.47 Å². The molecule has 0 unspecified atom stereocenters. The molecule has 1 aromatic rings. The quantitative estimate of drug-likeness (QED) is 0.781. The molecule has 0 saturated heterocycles. The minimum absolute atomic E-state index is 0.0133. The number of methoxy groups -OCH3 is 2. The van der Waals surface area contributed by atoms with Crippen LogP contribution in [0.2, 0.25) is 0 Å². The van der Waals surface area contributed by atoms with Crippen molar-refractivity contribution in [2.75, 3.05) is 20.5 Å². The summed E-state index contributed by atoms with van der Waals surface area (Å²) in [7, 11) is 0.0153. The van der Waals surface area contributed by atoms with Crippen LogP contribution in [0.3, 0.4) is 0 Å². The summed E-state index contributed by atoms with van der Waals surface area (Å²) in [5, 5.41) is 0. The molecule has 0 bridgehead atoms. The van der Waals surface area contributed by atoms with Crippen LogP contribution in [0.15, 0.2) is 18.2 Å². The number of benzene rings is 1. The molecule has 0 saturated carbocycles. The van der Waals surface area contributed by atoms with Crippen molar-refractivity contribution in [1.29, 1.82) is 0 Å². The molecule has 5 heteroatoms. The molecule has 0 heterocycles. The molecule has 1 aromatic carbocycles. The number of sulfone groups is 1. The first kappa shape index (κ1) is 11.8. The highest BCUT2D eigenvalue weighted by molar-refractivity contribution is 7.89. The molecule has 0 radical (unpaired) electrons. The summed E-state index contributed by atoms with van der Waals surface area (Å²) in [6.45, 7) is 0. The van der Waals surface area contributed by atoms with Crippen molar-refractivity contribution in [1.82, 2.24) is 0 Å². The first-order chi connectivity index (χ1) is 6.94. The summed E-state index contributed by atoms with van der Waals surface area (Å²) >= 11 is 0. The maximum Gasteiger partial charge on any atom is 0.151 e. The molecule has 0 spiro atoms. The van der Waals surface area contributed by atoms with Gasteiger partial charge in [-0.3, -0.25) is 0 Å². The molecule has 0 amide bonds. The number of hydrogen-bond acceptors (Lipinski definition) is 4. The molecule has 1 rings (SSSR count). The van der Waals surface area contributed by atoms with Crippen LogP contribution >= 0.6 is 0 Å². The largest absolute Gasteiger partial charge is 0.497 e. The van der Waals surface area contributed by atoms with Gasteiger partial charge in [-0.05, 0) is 17.7 Å². The van der Waals surface area contributed by atoms with Crippen LogP contribution in [-0.2, 0) is 15.6 Å². The Labute approximate surface area is 89.7 Å². The first-order valence-corrected chi connectivity index (χ1v) is 6.40. The van der Waals surface area contributed by atoms with Gasteiger partial charge >= 0.3 is 0 Å². The lowest BCUT2D eigenvalue weighted by Crippen LogP contribution is -2.01. The van der Waals surface area contributed by atoms with Gasteiger partial charge in [-0.25, -0.2) is 8.42 Å². The van der Waals surface area contributed by atoms with Crippen molar-refractivity contribution >= 4 is 9.84 Å². The number of rotatable bonds is 4. The standard InChI is InChI=1S/C10H14O4S/c1-13-9-4-8(7-15(3,11)12)5-10(6-9)14-2/h4-6H,7H2,1-3H3. The molecule has 84 valence electrons. The molecular weight excluding hydrogens is 216 g/mol. The van der Waals surface area contributed by atoms with E-state index >= 15 is 0 Å².